The molecule has 0 atom stereocenters. The van der Waals surface area contributed by atoms with E-state index in [1.807, 2.05) is 62.4 Å². The van der Waals surface area contributed by atoms with Crippen LogP contribution >= 0.6 is 0 Å². The van der Waals surface area contributed by atoms with Crippen molar-refractivity contribution in [2.24, 2.45) is 0 Å². The van der Waals surface area contributed by atoms with E-state index in [9.17, 15) is 15.3 Å². The predicted octanol–water partition coefficient (Wildman–Crippen LogP) is 8.00. The highest BCUT2D eigenvalue weighted by Crippen LogP contribution is 2.46. The molecule has 0 aliphatic heterocycles. The van der Waals surface area contributed by atoms with Gasteiger partial charge in [-0.1, -0.05) is 60.7 Å². The smallest absolute Gasteiger partial charge is 0.338 e. The number of pyridine rings is 1. The minimum atomic E-state index is -0.370. The van der Waals surface area contributed by atoms with Gasteiger partial charge >= 0.3 is 5.97 Å². The lowest BCUT2D eigenvalue weighted by Crippen LogP contribution is -2.05. The highest BCUT2D eigenvalue weighted by atomic mass is 16.5. The first-order valence-electron chi connectivity index (χ1n) is 14.6. The maximum atomic E-state index is 12.4. The van der Waals surface area contributed by atoms with Crippen molar-refractivity contribution in [1.82, 2.24) is 9.55 Å². The van der Waals surface area contributed by atoms with Crippen molar-refractivity contribution in [3.8, 4) is 40.3 Å². The molecule has 5 aromatic rings. The molecule has 3 aromatic carbocycles. The summed E-state index contributed by atoms with van der Waals surface area (Å²) in [5, 5.41) is 20.0. The minimum absolute atomic E-state index is 0.115. The molecule has 2 heterocycles. The Balaban J connectivity index is 1.67. The zero-order valence-electron chi connectivity index (χ0n) is 25.1. The van der Waals surface area contributed by atoms with Crippen molar-refractivity contribution in [3.05, 3.63) is 130 Å². The van der Waals surface area contributed by atoms with Crippen LogP contribution in [0.15, 0.2) is 96.6 Å². The molecule has 0 radical (unpaired) electrons. The summed E-state index contributed by atoms with van der Waals surface area (Å²) in [6.45, 7) is 5.83. The fraction of sp³-hybridized carbons (Fsp3) is 0.105. The summed E-state index contributed by atoms with van der Waals surface area (Å²) in [7, 11) is 0. The number of carbonyl (C=O) groups is 1. The van der Waals surface area contributed by atoms with Crippen LogP contribution in [0.4, 0.5) is 5.82 Å². The molecule has 0 saturated carbocycles. The number of fused-ring (bicyclic) bond motifs is 1. The molecule has 1 aliphatic carbocycles. The van der Waals surface area contributed by atoms with Crippen LogP contribution in [-0.2, 0) is 4.74 Å². The highest BCUT2D eigenvalue weighted by Gasteiger charge is 2.30. The molecule has 2 N–H and O–H groups in total. The normalized spacial score (nSPS) is 13.0. The SMILES string of the molecule is CCOC(=O)c1ccc(-n2c(-c3ccccc3)cc(/C=C3\C(C)=C(C#N)c4nc(N)c(C#N)c(C)c43)c2-c2ccccc2)cc1. The summed E-state index contributed by atoms with van der Waals surface area (Å²) >= 11 is 0. The van der Waals surface area contributed by atoms with E-state index in [1.165, 1.54) is 0 Å². The summed E-state index contributed by atoms with van der Waals surface area (Å²) in [5.74, 6) is -0.255. The van der Waals surface area contributed by atoms with E-state index in [2.05, 4.69) is 58.1 Å². The molecular formula is C38H29N5O2. The van der Waals surface area contributed by atoms with Crippen LogP contribution in [0.2, 0.25) is 0 Å². The van der Waals surface area contributed by atoms with Gasteiger partial charge in [-0.15, -0.1) is 0 Å². The molecule has 1 aliphatic rings. The Morgan fingerprint density at radius 3 is 2.18 bits per heavy atom. The standard InChI is InChI=1S/C38H29N5O2/c1-4-45-38(44)27-15-17-29(18-16-27)43-33(25-11-7-5-8-12-25)20-28(36(43)26-13-9-6-10-14-26)19-30-23(2)31(21-39)35-34(30)24(3)32(22-40)37(41)42-35/h5-20H,4H2,1-3H3,(H2,41,42)/b30-19+. The zero-order valence-corrected chi connectivity index (χ0v) is 25.1. The topological polar surface area (TPSA) is 118 Å². The monoisotopic (exact) mass is 587 g/mol. The van der Waals surface area contributed by atoms with Gasteiger partial charge in [0.05, 0.1) is 40.4 Å². The number of aromatic nitrogens is 2. The fourth-order valence-electron chi connectivity index (χ4n) is 5.93. The van der Waals surface area contributed by atoms with Gasteiger partial charge in [-0.2, -0.15) is 10.5 Å². The van der Waals surface area contributed by atoms with Crippen LogP contribution in [0.5, 0.6) is 0 Å². The van der Waals surface area contributed by atoms with E-state index < -0.39 is 0 Å². The minimum Gasteiger partial charge on any atom is -0.462 e. The van der Waals surface area contributed by atoms with Crippen molar-refractivity contribution in [1.29, 1.82) is 10.5 Å². The third kappa shape index (κ3) is 4.97. The number of nitrogens with two attached hydrogens (primary N) is 1. The Kier molecular flexibility index (Phi) is 7.61. The van der Waals surface area contributed by atoms with Crippen LogP contribution in [-0.4, -0.2) is 22.1 Å². The molecule has 7 nitrogen and oxygen atoms in total. The van der Waals surface area contributed by atoms with Gasteiger partial charge in [-0.3, -0.25) is 0 Å². The summed E-state index contributed by atoms with van der Waals surface area (Å²) < 4.78 is 7.40. The average Bonchev–Trinajstić information content (AvgIpc) is 3.57. The van der Waals surface area contributed by atoms with Crippen molar-refractivity contribution < 1.29 is 9.53 Å². The molecule has 0 saturated heterocycles. The number of benzene rings is 3. The van der Waals surface area contributed by atoms with Gasteiger partial charge in [0.1, 0.15) is 18.0 Å². The van der Waals surface area contributed by atoms with Gasteiger partial charge in [-0.25, -0.2) is 9.78 Å². The quantitative estimate of drug-likeness (QED) is 0.201. The Labute approximate surface area is 261 Å². The number of rotatable bonds is 6. The molecule has 0 amide bonds. The molecule has 218 valence electrons. The first kappa shape index (κ1) is 28.9. The second-order valence-corrected chi connectivity index (χ2v) is 10.7. The molecule has 0 bridgehead atoms. The highest BCUT2D eigenvalue weighted by molar-refractivity contribution is 6.09. The van der Waals surface area contributed by atoms with Gasteiger partial charge in [0, 0.05) is 16.8 Å². The van der Waals surface area contributed by atoms with Crippen LogP contribution < -0.4 is 5.73 Å². The van der Waals surface area contributed by atoms with Gasteiger partial charge in [0.2, 0.25) is 0 Å². The second-order valence-electron chi connectivity index (χ2n) is 10.7. The van der Waals surface area contributed by atoms with E-state index in [-0.39, 0.29) is 11.8 Å². The van der Waals surface area contributed by atoms with Crippen molar-refractivity contribution >= 4 is 29.0 Å². The number of carbonyl (C=O) groups excluding carboxylic acids is 1. The number of anilines is 1. The number of allylic oxidation sites excluding steroid dienone is 3. The third-order valence-corrected chi connectivity index (χ3v) is 8.07. The number of nitrogens with zero attached hydrogens (tertiary/aromatic N) is 4. The number of hydrogen-bond acceptors (Lipinski definition) is 6. The molecule has 45 heavy (non-hydrogen) atoms. The van der Waals surface area contributed by atoms with Gasteiger partial charge < -0.3 is 15.0 Å². The van der Waals surface area contributed by atoms with Crippen LogP contribution in [0.25, 0.3) is 45.4 Å². The van der Waals surface area contributed by atoms with E-state index in [0.29, 0.717) is 34.6 Å². The molecule has 0 spiro atoms. The third-order valence-electron chi connectivity index (χ3n) is 8.07. The van der Waals surface area contributed by atoms with Gasteiger partial charge in [0.15, 0.2) is 0 Å². The fourth-order valence-corrected chi connectivity index (χ4v) is 5.93. The van der Waals surface area contributed by atoms with Gasteiger partial charge in [-0.05, 0) is 85.0 Å². The summed E-state index contributed by atoms with van der Waals surface area (Å²) in [5.41, 5.74) is 16.5. The largest absolute Gasteiger partial charge is 0.462 e. The molecule has 0 unspecified atom stereocenters. The zero-order chi connectivity index (χ0) is 31.7. The molecule has 6 rings (SSSR count). The predicted molar refractivity (Wildman–Crippen MR) is 177 cm³/mol. The Morgan fingerprint density at radius 1 is 0.933 bits per heavy atom. The lowest BCUT2D eigenvalue weighted by atomic mass is 9.95. The summed E-state index contributed by atoms with van der Waals surface area (Å²) in [6, 6.07) is 34.2. The number of nitrogen functional groups attached to an aromatic ring is 1. The van der Waals surface area contributed by atoms with E-state index in [1.54, 1.807) is 19.1 Å². The summed E-state index contributed by atoms with van der Waals surface area (Å²) in [6.07, 6.45) is 2.07. The van der Waals surface area contributed by atoms with Crippen molar-refractivity contribution in [3.63, 3.8) is 0 Å². The molecular weight excluding hydrogens is 558 g/mol. The Morgan fingerprint density at radius 2 is 1.58 bits per heavy atom. The average molecular weight is 588 g/mol. The van der Waals surface area contributed by atoms with E-state index in [4.69, 9.17) is 10.5 Å². The van der Waals surface area contributed by atoms with Crippen molar-refractivity contribution in [2.75, 3.05) is 12.3 Å². The number of hydrogen-bond donors (Lipinski definition) is 1. The van der Waals surface area contributed by atoms with E-state index in [0.717, 1.165) is 50.5 Å². The lowest BCUT2D eigenvalue weighted by molar-refractivity contribution is 0.0526. The van der Waals surface area contributed by atoms with Crippen LogP contribution in [0.3, 0.4) is 0 Å². The molecule has 7 heteroatoms. The first-order valence-corrected chi connectivity index (χ1v) is 14.6. The summed E-state index contributed by atoms with van der Waals surface area (Å²) in [4.78, 5) is 17.0. The van der Waals surface area contributed by atoms with Gasteiger partial charge in [0.25, 0.3) is 0 Å². The lowest BCUT2D eigenvalue weighted by Gasteiger charge is -2.16. The maximum absolute atomic E-state index is 12.4. The molecule has 2 aromatic heterocycles. The Hall–Kier alpha value is -6.18. The number of ether oxygens (including phenoxy) is 1. The number of esters is 1. The maximum Gasteiger partial charge on any atom is 0.338 e. The first-order chi connectivity index (χ1) is 21.9. The van der Waals surface area contributed by atoms with Crippen LogP contribution in [0.1, 0.15) is 52.2 Å². The number of nitriles is 2. The van der Waals surface area contributed by atoms with Crippen molar-refractivity contribution in [2.45, 2.75) is 20.8 Å². The van der Waals surface area contributed by atoms with Crippen LogP contribution in [0, 0.1) is 29.6 Å². The molecule has 0 fully saturated rings. The second kappa shape index (κ2) is 11.8. The van der Waals surface area contributed by atoms with E-state index >= 15 is 0 Å². The Bertz CT molecular complexity index is 2110.